The molecular formula is C33H38N6O7. The first-order valence-corrected chi connectivity index (χ1v) is 15.0. The number of nitrogens with one attached hydrogen (secondary N) is 1. The van der Waals surface area contributed by atoms with E-state index in [1.807, 2.05) is 12.1 Å². The Morgan fingerprint density at radius 1 is 1.13 bits per heavy atom. The minimum atomic E-state index is -2.80. The number of phenols is 1. The van der Waals surface area contributed by atoms with E-state index in [2.05, 4.69) is 12.2 Å². The van der Waals surface area contributed by atoms with Crippen LogP contribution >= 0.6 is 0 Å². The zero-order valence-corrected chi connectivity index (χ0v) is 26.2. The number of ketones is 4. The number of carbonyl (C=O) groups excluding carboxylic acids is 5. The number of carbonyl (C=O) groups is 5. The van der Waals surface area contributed by atoms with Gasteiger partial charge in [-0.05, 0) is 74.8 Å². The molecule has 5 rings (SSSR count). The van der Waals surface area contributed by atoms with E-state index < -0.39 is 75.6 Å². The quantitative estimate of drug-likeness (QED) is 0.191. The second kappa shape index (κ2) is 11.4. The first kappa shape index (κ1) is 32.9. The molecule has 0 heterocycles. The minimum Gasteiger partial charge on any atom is -0.507 e. The Morgan fingerprint density at radius 2 is 1.83 bits per heavy atom. The monoisotopic (exact) mass is 630 g/mol. The molecule has 0 spiro atoms. The van der Waals surface area contributed by atoms with Crippen molar-refractivity contribution in [2.24, 2.45) is 34.5 Å². The maximum Gasteiger partial charge on any atom is 0.235 e. The molecular weight excluding hydrogens is 592 g/mol. The third kappa shape index (κ3) is 4.39. The van der Waals surface area contributed by atoms with Gasteiger partial charge in [-0.15, -0.1) is 0 Å². The van der Waals surface area contributed by atoms with Crippen LogP contribution in [0.3, 0.4) is 0 Å². The van der Waals surface area contributed by atoms with Crippen LogP contribution in [0.4, 0.5) is 0 Å². The van der Waals surface area contributed by atoms with Gasteiger partial charge in [-0.25, -0.2) is 0 Å². The predicted octanol–water partition coefficient (Wildman–Crippen LogP) is -0.0163. The van der Waals surface area contributed by atoms with Crippen molar-refractivity contribution in [1.29, 1.82) is 5.26 Å². The summed E-state index contributed by atoms with van der Waals surface area (Å²) in [6.07, 6.45) is 0.270. The van der Waals surface area contributed by atoms with Crippen molar-refractivity contribution in [3.8, 4) is 28.7 Å². The normalized spacial score (nSPS) is 30.3. The number of likely N-dealkylation sites (N-methyl/N-ethyl adjacent to an activating group) is 1. The molecule has 3 aliphatic carbocycles. The lowest BCUT2D eigenvalue weighted by Crippen LogP contribution is -2.85. The maximum absolute atomic E-state index is 14.6. The van der Waals surface area contributed by atoms with Gasteiger partial charge in [0.1, 0.15) is 17.4 Å². The number of aromatic hydroxyl groups is 1. The van der Waals surface area contributed by atoms with E-state index in [9.17, 15) is 34.3 Å². The molecule has 0 saturated heterocycles. The van der Waals surface area contributed by atoms with Crippen molar-refractivity contribution in [1.82, 2.24) is 10.2 Å². The molecule has 3 aliphatic rings. The van der Waals surface area contributed by atoms with Crippen LogP contribution in [0.1, 0.15) is 41.3 Å². The largest absolute Gasteiger partial charge is 0.507 e. The van der Waals surface area contributed by atoms with Gasteiger partial charge in [-0.1, -0.05) is 19.1 Å². The lowest BCUT2D eigenvalue weighted by atomic mass is 9.42. The summed E-state index contributed by atoms with van der Waals surface area (Å²) >= 11 is 0. The van der Waals surface area contributed by atoms with E-state index >= 15 is 0 Å². The summed E-state index contributed by atoms with van der Waals surface area (Å²) < 4.78 is 5.66. The van der Waals surface area contributed by atoms with Gasteiger partial charge in [0.25, 0.3) is 0 Å². The average molecular weight is 631 g/mol. The number of benzene rings is 2. The zero-order valence-electron chi connectivity index (χ0n) is 26.2. The number of rotatable bonds is 8. The topological polar surface area (TPSA) is 232 Å². The van der Waals surface area contributed by atoms with Gasteiger partial charge in [-0.3, -0.25) is 28.9 Å². The second-order valence-corrected chi connectivity index (χ2v) is 12.8. The highest BCUT2D eigenvalue weighted by atomic mass is 16.5. The van der Waals surface area contributed by atoms with Crippen LogP contribution in [0.5, 0.6) is 11.5 Å². The molecule has 8 N–H and O–H groups in total. The van der Waals surface area contributed by atoms with E-state index in [-0.39, 0.29) is 12.0 Å². The molecule has 1 amide bonds. The van der Waals surface area contributed by atoms with E-state index in [0.717, 1.165) is 18.5 Å². The van der Waals surface area contributed by atoms with Crippen molar-refractivity contribution in [3.63, 3.8) is 0 Å². The third-order valence-electron chi connectivity index (χ3n) is 9.78. The minimum absolute atomic E-state index is 0.180. The summed E-state index contributed by atoms with van der Waals surface area (Å²) in [4.78, 5) is 70.2. The van der Waals surface area contributed by atoms with Crippen LogP contribution in [0, 0.1) is 28.6 Å². The van der Waals surface area contributed by atoms with E-state index in [1.165, 1.54) is 32.2 Å². The van der Waals surface area contributed by atoms with E-state index in [4.69, 9.17) is 21.9 Å². The number of fused-ring (bicyclic) bond motifs is 3. The van der Waals surface area contributed by atoms with Gasteiger partial charge in [0, 0.05) is 17.6 Å². The molecule has 242 valence electrons. The van der Waals surface area contributed by atoms with Gasteiger partial charge in [0.05, 0.1) is 30.3 Å². The fourth-order valence-corrected chi connectivity index (χ4v) is 7.94. The summed E-state index contributed by atoms with van der Waals surface area (Å²) in [6, 6.07) is 8.78. The molecule has 2 aromatic carbocycles. The summed E-state index contributed by atoms with van der Waals surface area (Å²) in [5.74, 6) is -9.62. The van der Waals surface area contributed by atoms with Crippen LogP contribution in [-0.4, -0.2) is 83.9 Å². The number of primary amides is 1. The summed E-state index contributed by atoms with van der Waals surface area (Å²) in [7, 11) is 4.42. The van der Waals surface area contributed by atoms with Crippen LogP contribution in [-0.2, 0) is 32.1 Å². The highest BCUT2D eigenvalue weighted by Crippen LogP contribution is 2.57. The fourth-order valence-electron chi connectivity index (χ4n) is 7.94. The number of hydrogen-bond donors (Lipinski definition) is 5. The predicted molar refractivity (Wildman–Crippen MR) is 165 cm³/mol. The van der Waals surface area contributed by atoms with Gasteiger partial charge >= 0.3 is 0 Å². The average Bonchev–Trinajstić information content (AvgIpc) is 2.96. The number of nitriles is 1. The highest BCUT2D eigenvalue weighted by Gasteiger charge is 2.78. The van der Waals surface area contributed by atoms with Crippen LogP contribution in [0.15, 0.2) is 30.3 Å². The molecule has 0 aliphatic heterocycles. The molecule has 2 saturated carbocycles. The third-order valence-corrected chi connectivity index (χ3v) is 9.78. The molecule has 13 nitrogen and oxygen atoms in total. The molecule has 0 aromatic heterocycles. The van der Waals surface area contributed by atoms with E-state index in [0.29, 0.717) is 29.0 Å². The lowest BCUT2D eigenvalue weighted by molar-refractivity contribution is -0.166. The van der Waals surface area contributed by atoms with Gasteiger partial charge in [0.15, 0.2) is 34.5 Å². The van der Waals surface area contributed by atoms with Gasteiger partial charge in [-0.2, -0.15) is 5.26 Å². The van der Waals surface area contributed by atoms with Crippen molar-refractivity contribution < 1.29 is 33.8 Å². The second-order valence-electron chi connectivity index (χ2n) is 12.8. The molecule has 0 bridgehead atoms. The first-order valence-electron chi connectivity index (χ1n) is 15.0. The zero-order chi connectivity index (χ0) is 33.9. The summed E-state index contributed by atoms with van der Waals surface area (Å²) in [5, 5.41) is 24.9. The number of hydrogen-bond acceptors (Lipinski definition) is 12. The number of Topliss-reactive ketones (excluding diaryl/α,β-unsaturated/α-hetero) is 4. The Bertz CT molecular complexity index is 1730. The summed E-state index contributed by atoms with van der Waals surface area (Å²) in [6.45, 7) is 3.42. The number of phenolic OH excluding ortho intramolecular Hbond substituents is 1. The molecule has 0 radical (unpaired) electrons. The maximum atomic E-state index is 14.6. The molecule has 46 heavy (non-hydrogen) atoms. The van der Waals surface area contributed by atoms with Crippen LogP contribution < -0.4 is 27.3 Å². The Morgan fingerprint density at radius 3 is 2.41 bits per heavy atom. The lowest BCUT2D eigenvalue weighted by Gasteiger charge is -2.60. The Balaban J connectivity index is 1.73. The van der Waals surface area contributed by atoms with Crippen LogP contribution in [0.2, 0.25) is 0 Å². The van der Waals surface area contributed by atoms with Gasteiger partial charge < -0.3 is 32.4 Å². The Labute approximate surface area is 266 Å². The van der Waals surface area contributed by atoms with Crippen molar-refractivity contribution >= 4 is 29.0 Å². The number of ether oxygens (including phenoxy) is 1. The smallest absolute Gasteiger partial charge is 0.235 e. The number of amides is 1. The highest BCUT2D eigenvalue weighted by molar-refractivity contribution is 6.33. The molecule has 2 unspecified atom stereocenters. The Kier molecular flexibility index (Phi) is 8.15. The van der Waals surface area contributed by atoms with Crippen molar-refractivity contribution in [2.75, 3.05) is 27.7 Å². The van der Waals surface area contributed by atoms with E-state index in [1.54, 1.807) is 18.2 Å². The molecule has 2 fully saturated rings. The number of nitrogens with zero attached hydrogens (tertiary/aromatic N) is 2. The molecule has 2 aromatic rings. The standard InChI is InChI=1S/C33H38N6O7/c1-5-10-38-13-16-6-9-21(46-4)18(11-16)17-7-8-20(40)22-19(17)12-31(36)14-33(37)27(39(2)3)26(42)23(30(35)45)28(43)32(33,15-34)29(44)24(31)25(22)41/h6-9,11,23-24,27,38,40H,5,10,12-14,36-37H2,1-4H3,(H2,35,45)/t23?,24?,27-,31-,32+,33-/m1/s1. The first-order chi connectivity index (χ1) is 21.6. The van der Waals surface area contributed by atoms with Crippen molar-refractivity contribution in [3.05, 3.63) is 47.0 Å². The SMILES string of the molecule is CCCNCc1ccc(OC)c(-c2ccc(O)c3c2C[C@@]2(N)C[C@@]4(N)[C@H](N(C)C)C(=O)C(C(N)=O)C(=O)[C@@]4(C#N)C(=O)C2C3=O)c1. The van der Waals surface area contributed by atoms with Crippen molar-refractivity contribution in [2.45, 2.75) is 49.9 Å². The number of methoxy groups -OCH3 is 1. The molecule has 13 heteroatoms. The Hall–Kier alpha value is -4.48. The number of nitrogens with two attached hydrogens (primary N) is 3. The summed E-state index contributed by atoms with van der Waals surface area (Å²) in [5.41, 5.74) is 14.7. The van der Waals surface area contributed by atoms with Crippen LogP contribution in [0.25, 0.3) is 11.1 Å². The fraction of sp³-hybridized carbons (Fsp3) is 0.455. The molecule has 6 atom stereocenters. The van der Waals surface area contributed by atoms with Gasteiger partial charge in [0.2, 0.25) is 5.91 Å².